The molecule has 1 heterocycles. The van der Waals surface area contributed by atoms with Crippen LogP contribution < -0.4 is 20.1 Å². The first-order chi connectivity index (χ1) is 12.2. The highest BCUT2D eigenvalue weighted by Crippen LogP contribution is 2.32. The quantitative estimate of drug-likeness (QED) is 0.589. The number of thioether (sulfide) groups is 1. The van der Waals surface area contributed by atoms with Crippen molar-refractivity contribution in [2.75, 3.05) is 30.8 Å². The summed E-state index contributed by atoms with van der Waals surface area (Å²) in [4.78, 5) is 0. The third kappa shape index (κ3) is 5.54. The summed E-state index contributed by atoms with van der Waals surface area (Å²) in [5.74, 6) is 3.55. The SMILES string of the molecule is Cc1cccc(CSCCNC(=S)Nc2ccc3c(c2)OCCO3)c1. The Bertz CT molecular complexity index is 737. The van der Waals surface area contributed by atoms with Gasteiger partial charge in [0, 0.05) is 29.8 Å². The highest BCUT2D eigenvalue weighted by Gasteiger charge is 2.11. The van der Waals surface area contributed by atoms with E-state index in [1.54, 1.807) is 0 Å². The van der Waals surface area contributed by atoms with Gasteiger partial charge >= 0.3 is 0 Å². The lowest BCUT2D eigenvalue weighted by molar-refractivity contribution is 0.171. The van der Waals surface area contributed by atoms with Crippen LogP contribution in [0.15, 0.2) is 42.5 Å². The minimum atomic E-state index is 0.581. The molecule has 0 radical (unpaired) electrons. The molecule has 2 aromatic carbocycles. The van der Waals surface area contributed by atoms with Crippen LogP contribution in [-0.4, -0.2) is 30.6 Å². The maximum Gasteiger partial charge on any atom is 0.170 e. The van der Waals surface area contributed by atoms with E-state index in [9.17, 15) is 0 Å². The number of ether oxygens (including phenoxy) is 2. The molecule has 2 aromatic rings. The molecule has 1 aliphatic rings. The molecule has 0 atom stereocenters. The molecule has 132 valence electrons. The van der Waals surface area contributed by atoms with Crippen LogP contribution in [0.2, 0.25) is 0 Å². The van der Waals surface area contributed by atoms with Crippen molar-refractivity contribution in [3.8, 4) is 11.5 Å². The van der Waals surface area contributed by atoms with E-state index in [0.717, 1.165) is 35.2 Å². The molecule has 0 saturated carbocycles. The summed E-state index contributed by atoms with van der Waals surface area (Å²) in [6.07, 6.45) is 0. The van der Waals surface area contributed by atoms with Crippen LogP contribution in [0.1, 0.15) is 11.1 Å². The van der Waals surface area contributed by atoms with E-state index in [-0.39, 0.29) is 0 Å². The number of fused-ring (bicyclic) bond motifs is 1. The maximum atomic E-state index is 5.58. The molecule has 4 nitrogen and oxygen atoms in total. The second-order valence-corrected chi connectivity index (χ2v) is 7.29. The van der Waals surface area contributed by atoms with Crippen LogP contribution in [0.4, 0.5) is 5.69 Å². The molecule has 0 amide bonds. The lowest BCUT2D eigenvalue weighted by atomic mass is 10.2. The van der Waals surface area contributed by atoms with Crippen molar-refractivity contribution in [3.05, 3.63) is 53.6 Å². The first-order valence-corrected chi connectivity index (χ1v) is 9.85. The van der Waals surface area contributed by atoms with Crippen LogP contribution in [-0.2, 0) is 5.75 Å². The van der Waals surface area contributed by atoms with E-state index in [1.165, 1.54) is 11.1 Å². The Hall–Kier alpha value is -1.92. The fraction of sp³-hybridized carbons (Fsp3) is 0.316. The van der Waals surface area contributed by atoms with Crippen molar-refractivity contribution in [2.24, 2.45) is 0 Å². The van der Waals surface area contributed by atoms with E-state index >= 15 is 0 Å². The monoisotopic (exact) mass is 374 g/mol. The number of anilines is 1. The number of rotatable bonds is 6. The molecule has 0 spiro atoms. The Labute approximate surface area is 158 Å². The van der Waals surface area contributed by atoms with Crippen LogP contribution >= 0.6 is 24.0 Å². The average Bonchev–Trinajstić information content (AvgIpc) is 2.61. The van der Waals surface area contributed by atoms with E-state index < -0.39 is 0 Å². The summed E-state index contributed by atoms with van der Waals surface area (Å²) in [7, 11) is 0. The maximum absolute atomic E-state index is 5.58. The predicted octanol–water partition coefficient (Wildman–Crippen LogP) is 3.99. The van der Waals surface area contributed by atoms with Crippen LogP contribution in [0.5, 0.6) is 11.5 Å². The van der Waals surface area contributed by atoms with Gasteiger partial charge in [-0.3, -0.25) is 0 Å². The molecule has 3 rings (SSSR count). The largest absolute Gasteiger partial charge is 0.486 e. The Morgan fingerprint density at radius 2 is 1.96 bits per heavy atom. The van der Waals surface area contributed by atoms with Gasteiger partial charge < -0.3 is 20.1 Å². The number of nitrogens with one attached hydrogen (secondary N) is 2. The molecule has 0 saturated heterocycles. The number of thiocarbonyl (C=S) groups is 1. The van der Waals surface area contributed by atoms with E-state index in [0.29, 0.717) is 18.3 Å². The van der Waals surface area contributed by atoms with Crippen LogP contribution in [0, 0.1) is 6.92 Å². The minimum absolute atomic E-state index is 0.581. The van der Waals surface area contributed by atoms with Gasteiger partial charge in [-0.2, -0.15) is 11.8 Å². The zero-order valence-electron chi connectivity index (χ0n) is 14.2. The average molecular weight is 375 g/mol. The summed E-state index contributed by atoms with van der Waals surface area (Å²) < 4.78 is 11.1. The lowest BCUT2D eigenvalue weighted by Crippen LogP contribution is -2.30. The van der Waals surface area contributed by atoms with Crippen molar-refractivity contribution >= 4 is 34.8 Å². The zero-order valence-corrected chi connectivity index (χ0v) is 15.8. The summed E-state index contributed by atoms with van der Waals surface area (Å²) in [5, 5.41) is 7.04. The summed E-state index contributed by atoms with van der Waals surface area (Å²) >= 11 is 7.24. The third-order valence-electron chi connectivity index (χ3n) is 3.68. The molecule has 0 aliphatic carbocycles. The fourth-order valence-electron chi connectivity index (χ4n) is 2.53. The smallest absolute Gasteiger partial charge is 0.170 e. The predicted molar refractivity (Wildman–Crippen MR) is 109 cm³/mol. The van der Waals surface area contributed by atoms with Crippen molar-refractivity contribution in [3.63, 3.8) is 0 Å². The third-order valence-corrected chi connectivity index (χ3v) is 4.96. The second kappa shape index (κ2) is 8.97. The standard InChI is InChI=1S/C19H22N2O2S2/c1-14-3-2-4-15(11-14)13-25-10-7-20-19(24)21-16-5-6-17-18(12-16)23-9-8-22-17/h2-6,11-12H,7-10,13H2,1H3,(H2,20,21,24). The molecule has 25 heavy (non-hydrogen) atoms. The van der Waals surface area contributed by atoms with Gasteiger partial charge in [0.25, 0.3) is 0 Å². The molecule has 0 bridgehead atoms. The van der Waals surface area contributed by atoms with Gasteiger partial charge in [-0.25, -0.2) is 0 Å². The van der Waals surface area contributed by atoms with Gasteiger partial charge in [0.05, 0.1) is 0 Å². The summed E-state index contributed by atoms with van der Waals surface area (Å²) in [6.45, 7) is 4.13. The Kier molecular flexibility index (Phi) is 6.42. The van der Waals surface area contributed by atoms with E-state index in [4.69, 9.17) is 21.7 Å². The van der Waals surface area contributed by atoms with Gasteiger partial charge in [0.15, 0.2) is 16.6 Å². The van der Waals surface area contributed by atoms with Gasteiger partial charge in [0.1, 0.15) is 13.2 Å². The van der Waals surface area contributed by atoms with Crippen molar-refractivity contribution in [1.82, 2.24) is 5.32 Å². The first-order valence-electron chi connectivity index (χ1n) is 8.28. The number of aryl methyl sites for hydroxylation is 1. The van der Waals surface area contributed by atoms with Gasteiger partial charge in [0.2, 0.25) is 0 Å². The number of benzene rings is 2. The minimum Gasteiger partial charge on any atom is -0.486 e. The molecule has 0 unspecified atom stereocenters. The zero-order chi connectivity index (χ0) is 17.5. The molecule has 0 aromatic heterocycles. The van der Waals surface area contributed by atoms with E-state index in [2.05, 4.69) is 41.8 Å². The van der Waals surface area contributed by atoms with Crippen molar-refractivity contribution < 1.29 is 9.47 Å². The molecule has 6 heteroatoms. The second-order valence-electron chi connectivity index (χ2n) is 5.78. The lowest BCUT2D eigenvalue weighted by Gasteiger charge is -2.19. The molecular weight excluding hydrogens is 352 g/mol. The van der Waals surface area contributed by atoms with E-state index in [1.807, 2.05) is 30.0 Å². The van der Waals surface area contributed by atoms with Crippen LogP contribution in [0.3, 0.4) is 0 Å². The normalized spacial score (nSPS) is 12.5. The van der Waals surface area contributed by atoms with Gasteiger partial charge in [-0.05, 0) is 36.8 Å². The Morgan fingerprint density at radius 1 is 1.12 bits per heavy atom. The summed E-state index contributed by atoms with van der Waals surface area (Å²) in [5.41, 5.74) is 3.57. The van der Waals surface area contributed by atoms with Crippen molar-refractivity contribution in [2.45, 2.75) is 12.7 Å². The Balaban J connectivity index is 1.37. The van der Waals surface area contributed by atoms with Crippen molar-refractivity contribution in [1.29, 1.82) is 0 Å². The van der Waals surface area contributed by atoms with Crippen LogP contribution in [0.25, 0.3) is 0 Å². The highest BCUT2D eigenvalue weighted by molar-refractivity contribution is 7.98. The summed E-state index contributed by atoms with van der Waals surface area (Å²) in [6, 6.07) is 14.4. The molecule has 2 N–H and O–H groups in total. The fourth-order valence-corrected chi connectivity index (χ4v) is 3.55. The molecule has 1 aliphatic heterocycles. The number of hydrogen-bond donors (Lipinski definition) is 2. The van der Waals surface area contributed by atoms with Gasteiger partial charge in [-0.15, -0.1) is 0 Å². The van der Waals surface area contributed by atoms with Gasteiger partial charge in [-0.1, -0.05) is 29.8 Å². The highest BCUT2D eigenvalue weighted by atomic mass is 32.2. The molecular formula is C19H22N2O2S2. The first kappa shape index (κ1) is 17.9. The Morgan fingerprint density at radius 3 is 2.80 bits per heavy atom. The topological polar surface area (TPSA) is 42.5 Å². The molecule has 0 fully saturated rings. The number of hydrogen-bond acceptors (Lipinski definition) is 4.